The molecule has 0 radical (unpaired) electrons. The Balaban J connectivity index is 1.99. The van der Waals surface area contributed by atoms with Gasteiger partial charge in [-0.25, -0.2) is 0 Å². The van der Waals surface area contributed by atoms with E-state index in [0.29, 0.717) is 6.10 Å². The summed E-state index contributed by atoms with van der Waals surface area (Å²) in [5.74, 6) is 1.03. The van der Waals surface area contributed by atoms with Crippen LogP contribution in [0.15, 0.2) is 24.3 Å². The van der Waals surface area contributed by atoms with Crippen LogP contribution in [0.5, 0.6) is 5.75 Å². The van der Waals surface area contributed by atoms with Crippen LogP contribution in [-0.2, 0) is 0 Å². The predicted molar refractivity (Wildman–Crippen MR) is 57.7 cm³/mol. The van der Waals surface area contributed by atoms with E-state index in [1.807, 2.05) is 18.2 Å². The monoisotopic (exact) mass is 191 g/mol. The van der Waals surface area contributed by atoms with Crippen molar-refractivity contribution < 1.29 is 4.74 Å². The Kier molecular flexibility index (Phi) is 3.04. The lowest BCUT2D eigenvalue weighted by molar-refractivity contribution is 0.166. The third kappa shape index (κ3) is 2.26. The normalized spacial score (nSPS) is 21.9. The van der Waals surface area contributed by atoms with Gasteiger partial charge >= 0.3 is 0 Å². The van der Waals surface area contributed by atoms with Gasteiger partial charge < -0.3 is 10.1 Å². The maximum atomic E-state index is 5.92. The minimum absolute atomic E-state index is 0.352. The van der Waals surface area contributed by atoms with Gasteiger partial charge in [0.05, 0.1) is 0 Å². The minimum Gasteiger partial charge on any atom is -0.489 e. The Morgan fingerprint density at radius 2 is 2.21 bits per heavy atom. The third-order valence-electron chi connectivity index (χ3n) is 2.64. The second-order valence-corrected chi connectivity index (χ2v) is 3.85. The van der Waals surface area contributed by atoms with Gasteiger partial charge in [0.2, 0.25) is 0 Å². The second kappa shape index (κ2) is 4.47. The zero-order valence-corrected chi connectivity index (χ0v) is 8.62. The molecule has 2 rings (SSSR count). The van der Waals surface area contributed by atoms with Crippen LogP contribution in [0.2, 0.25) is 0 Å². The Bertz CT molecular complexity index is 292. The average molecular weight is 191 g/mol. The van der Waals surface area contributed by atoms with E-state index in [1.165, 1.54) is 18.4 Å². The molecule has 1 heterocycles. The average Bonchev–Trinajstić information content (AvgIpc) is 2.23. The molecule has 1 aliphatic heterocycles. The lowest BCUT2D eigenvalue weighted by atomic mass is 10.1. The van der Waals surface area contributed by atoms with Gasteiger partial charge in [-0.2, -0.15) is 0 Å². The third-order valence-corrected chi connectivity index (χ3v) is 2.64. The van der Waals surface area contributed by atoms with Crippen molar-refractivity contribution >= 4 is 0 Å². The summed E-state index contributed by atoms with van der Waals surface area (Å²) in [7, 11) is 0. The number of ether oxygens (including phenoxy) is 1. The lowest BCUT2D eigenvalue weighted by Crippen LogP contribution is -2.37. The SMILES string of the molecule is Cc1ccccc1O[C@@H]1CCCNC1. The summed E-state index contributed by atoms with van der Waals surface area (Å²) in [6, 6.07) is 8.20. The number of aryl methyl sites for hydroxylation is 1. The number of rotatable bonds is 2. The van der Waals surface area contributed by atoms with Gasteiger partial charge in [-0.15, -0.1) is 0 Å². The molecule has 2 nitrogen and oxygen atoms in total. The van der Waals surface area contributed by atoms with E-state index >= 15 is 0 Å². The van der Waals surface area contributed by atoms with E-state index in [0.717, 1.165) is 18.8 Å². The molecule has 1 aliphatic rings. The molecule has 1 aromatic rings. The summed E-state index contributed by atoms with van der Waals surface area (Å²) in [5.41, 5.74) is 1.22. The van der Waals surface area contributed by atoms with Crippen LogP contribution >= 0.6 is 0 Å². The Labute approximate surface area is 85.3 Å². The molecule has 0 bridgehead atoms. The van der Waals surface area contributed by atoms with Gasteiger partial charge in [0.1, 0.15) is 11.9 Å². The maximum Gasteiger partial charge on any atom is 0.122 e. The Hall–Kier alpha value is -1.02. The number of nitrogens with one attached hydrogen (secondary N) is 1. The molecular formula is C12H17NO. The first-order valence-electron chi connectivity index (χ1n) is 5.29. The van der Waals surface area contributed by atoms with E-state index in [2.05, 4.69) is 18.3 Å². The van der Waals surface area contributed by atoms with Crippen molar-refractivity contribution in [3.63, 3.8) is 0 Å². The van der Waals surface area contributed by atoms with E-state index in [-0.39, 0.29) is 0 Å². The quantitative estimate of drug-likeness (QED) is 0.773. The van der Waals surface area contributed by atoms with Crippen molar-refractivity contribution in [3.8, 4) is 5.75 Å². The molecule has 0 saturated carbocycles. The van der Waals surface area contributed by atoms with Gasteiger partial charge in [0.15, 0.2) is 0 Å². The van der Waals surface area contributed by atoms with Crippen molar-refractivity contribution in [3.05, 3.63) is 29.8 Å². The number of para-hydroxylation sites is 1. The van der Waals surface area contributed by atoms with Crippen molar-refractivity contribution in [2.45, 2.75) is 25.9 Å². The number of hydrogen-bond acceptors (Lipinski definition) is 2. The largest absolute Gasteiger partial charge is 0.489 e. The fourth-order valence-corrected chi connectivity index (χ4v) is 1.79. The first kappa shape index (κ1) is 9.53. The molecule has 1 N–H and O–H groups in total. The van der Waals surface area contributed by atoms with Crippen molar-refractivity contribution in [2.75, 3.05) is 13.1 Å². The zero-order valence-electron chi connectivity index (χ0n) is 8.62. The van der Waals surface area contributed by atoms with Crippen LogP contribution in [0.1, 0.15) is 18.4 Å². The highest BCUT2D eigenvalue weighted by atomic mass is 16.5. The lowest BCUT2D eigenvalue weighted by Gasteiger charge is -2.24. The highest BCUT2D eigenvalue weighted by molar-refractivity contribution is 5.31. The molecule has 1 atom stereocenters. The molecule has 2 heteroatoms. The molecule has 0 amide bonds. The van der Waals surface area contributed by atoms with Gasteiger partial charge in [0, 0.05) is 6.54 Å². The number of hydrogen-bond donors (Lipinski definition) is 1. The van der Waals surface area contributed by atoms with Crippen LogP contribution in [0, 0.1) is 6.92 Å². The van der Waals surface area contributed by atoms with Crippen LogP contribution < -0.4 is 10.1 Å². The molecule has 76 valence electrons. The zero-order chi connectivity index (χ0) is 9.80. The summed E-state index contributed by atoms with van der Waals surface area (Å²) in [5, 5.41) is 3.35. The summed E-state index contributed by atoms with van der Waals surface area (Å²) < 4.78 is 5.92. The maximum absolute atomic E-state index is 5.92. The molecule has 0 spiro atoms. The molecule has 1 aromatic carbocycles. The second-order valence-electron chi connectivity index (χ2n) is 3.85. The van der Waals surface area contributed by atoms with E-state index in [1.54, 1.807) is 0 Å². The van der Waals surface area contributed by atoms with Crippen LogP contribution in [0.4, 0.5) is 0 Å². The molecule has 0 unspecified atom stereocenters. The Morgan fingerprint density at radius 3 is 2.93 bits per heavy atom. The first-order chi connectivity index (χ1) is 6.86. The fraction of sp³-hybridized carbons (Fsp3) is 0.500. The van der Waals surface area contributed by atoms with Gasteiger partial charge in [-0.05, 0) is 37.9 Å². The number of piperidine rings is 1. The molecular weight excluding hydrogens is 174 g/mol. The molecule has 1 saturated heterocycles. The highest BCUT2D eigenvalue weighted by Crippen LogP contribution is 2.19. The highest BCUT2D eigenvalue weighted by Gasteiger charge is 2.14. The van der Waals surface area contributed by atoms with Crippen LogP contribution in [-0.4, -0.2) is 19.2 Å². The molecule has 0 aromatic heterocycles. The van der Waals surface area contributed by atoms with Gasteiger partial charge in [0.25, 0.3) is 0 Å². The van der Waals surface area contributed by atoms with Crippen LogP contribution in [0.25, 0.3) is 0 Å². The van der Waals surface area contributed by atoms with Gasteiger partial charge in [-0.3, -0.25) is 0 Å². The fourth-order valence-electron chi connectivity index (χ4n) is 1.79. The van der Waals surface area contributed by atoms with E-state index in [4.69, 9.17) is 4.74 Å². The smallest absolute Gasteiger partial charge is 0.122 e. The molecule has 14 heavy (non-hydrogen) atoms. The van der Waals surface area contributed by atoms with Crippen LogP contribution in [0.3, 0.4) is 0 Å². The van der Waals surface area contributed by atoms with Gasteiger partial charge in [-0.1, -0.05) is 18.2 Å². The Morgan fingerprint density at radius 1 is 1.36 bits per heavy atom. The van der Waals surface area contributed by atoms with E-state index < -0.39 is 0 Å². The van der Waals surface area contributed by atoms with E-state index in [9.17, 15) is 0 Å². The summed E-state index contributed by atoms with van der Waals surface area (Å²) in [6.07, 6.45) is 2.74. The molecule has 1 fully saturated rings. The van der Waals surface area contributed by atoms with Crippen molar-refractivity contribution in [2.24, 2.45) is 0 Å². The first-order valence-corrected chi connectivity index (χ1v) is 5.29. The summed E-state index contributed by atoms with van der Waals surface area (Å²) in [6.45, 7) is 4.20. The van der Waals surface area contributed by atoms with Crippen molar-refractivity contribution in [1.29, 1.82) is 0 Å². The van der Waals surface area contributed by atoms with Crippen molar-refractivity contribution in [1.82, 2.24) is 5.32 Å². The predicted octanol–water partition coefficient (Wildman–Crippen LogP) is 2.13. The standard InChI is InChI=1S/C12H17NO/c1-10-5-2-3-7-12(10)14-11-6-4-8-13-9-11/h2-3,5,7,11,13H,4,6,8-9H2,1H3/t11-/m1/s1. The summed E-state index contributed by atoms with van der Waals surface area (Å²) >= 11 is 0. The topological polar surface area (TPSA) is 21.3 Å². The number of benzene rings is 1. The summed E-state index contributed by atoms with van der Waals surface area (Å²) in [4.78, 5) is 0. The molecule has 0 aliphatic carbocycles. The minimum atomic E-state index is 0.352.